The van der Waals surface area contributed by atoms with Crippen molar-refractivity contribution in [3.8, 4) is 0 Å². The lowest BCUT2D eigenvalue weighted by Crippen LogP contribution is -2.25. The molecule has 1 amide bonds. The lowest BCUT2D eigenvalue weighted by molar-refractivity contribution is 0.0950. The van der Waals surface area contributed by atoms with Gasteiger partial charge in [-0.05, 0) is 42.2 Å². The normalized spacial score (nSPS) is 10.8. The van der Waals surface area contributed by atoms with Gasteiger partial charge in [0, 0.05) is 17.4 Å². The molecule has 1 aromatic heterocycles. The van der Waals surface area contributed by atoms with Crippen molar-refractivity contribution >= 4 is 16.8 Å². The van der Waals surface area contributed by atoms with Gasteiger partial charge in [0.2, 0.25) is 0 Å². The smallest absolute Gasteiger partial charge is 0.267 e. The number of hydrogen-bond donors (Lipinski definition) is 2. The molecule has 0 bridgehead atoms. The molecule has 0 atom stereocenters. The van der Waals surface area contributed by atoms with Gasteiger partial charge >= 0.3 is 0 Å². The van der Waals surface area contributed by atoms with E-state index in [1.165, 1.54) is 11.1 Å². The molecule has 0 aliphatic rings. The summed E-state index contributed by atoms with van der Waals surface area (Å²) in [7, 11) is 0. The van der Waals surface area contributed by atoms with Gasteiger partial charge in [0.05, 0.1) is 0 Å². The van der Waals surface area contributed by atoms with Crippen molar-refractivity contribution in [2.45, 2.75) is 19.8 Å². The monoisotopic (exact) mass is 292 g/mol. The summed E-state index contributed by atoms with van der Waals surface area (Å²) in [5.74, 6) is -0.0508. The number of carbonyl (C=O) groups is 1. The maximum Gasteiger partial charge on any atom is 0.267 e. The molecule has 3 nitrogen and oxygen atoms in total. The number of amides is 1. The fraction of sp³-hybridized carbons (Fsp3) is 0.211. The quantitative estimate of drug-likeness (QED) is 0.740. The van der Waals surface area contributed by atoms with E-state index in [1.807, 2.05) is 30.3 Å². The molecule has 0 spiro atoms. The first-order valence-electron chi connectivity index (χ1n) is 7.70. The van der Waals surface area contributed by atoms with Crippen LogP contribution in [0.3, 0.4) is 0 Å². The molecule has 22 heavy (non-hydrogen) atoms. The number of aromatic nitrogens is 1. The Labute approximate surface area is 130 Å². The number of rotatable bonds is 5. The first kappa shape index (κ1) is 14.4. The van der Waals surface area contributed by atoms with Crippen molar-refractivity contribution in [1.82, 2.24) is 10.3 Å². The fourth-order valence-electron chi connectivity index (χ4n) is 2.58. The van der Waals surface area contributed by atoms with Crippen LogP contribution in [0, 0.1) is 0 Å². The summed E-state index contributed by atoms with van der Waals surface area (Å²) in [6, 6.07) is 18.4. The Balaban J connectivity index is 1.64. The van der Waals surface area contributed by atoms with E-state index in [0.717, 1.165) is 23.7 Å². The van der Waals surface area contributed by atoms with Crippen LogP contribution in [0.5, 0.6) is 0 Å². The predicted molar refractivity (Wildman–Crippen MR) is 90.2 cm³/mol. The van der Waals surface area contributed by atoms with Gasteiger partial charge in [0.15, 0.2) is 0 Å². The molecular weight excluding hydrogens is 272 g/mol. The highest BCUT2D eigenvalue weighted by atomic mass is 16.1. The molecule has 0 aliphatic heterocycles. The summed E-state index contributed by atoms with van der Waals surface area (Å²) in [6.45, 7) is 2.77. The number of hydrogen-bond acceptors (Lipinski definition) is 1. The molecule has 3 aromatic rings. The number of aromatic amines is 1. The van der Waals surface area contributed by atoms with Crippen molar-refractivity contribution in [3.05, 3.63) is 71.4 Å². The molecule has 0 radical (unpaired) electrons. The predicted octanol–water partition coefficient (Wildman–Crippen LogP) is 3.70. The van der Waals surface area contributed by atoms with Crippen molar-refractivity contribution < 1.29 is 4.79 Å². The zero-order chi connectivity index (χ0) is 15.4. The minimum Gasteiger partial charge on any atom is -0.351 e. The number of nitrogens with one attached hydrogen (secondary N) is 2. The van der Waals surface area contributed by atoms with E-state index in [1.54, 1.807) is 0 Å². The Hall–Kier alpha value is -2.55. The van der Waals surface area contributed by atoms with Crippen LogP contribution in [0.4, 0.5) is 0 Å². The average Bonchev–Trinajstić information content (AvgIpc) is 2.99. The molecule has 2 N–H and O–H groups in total. The van der Waals surface area contributed by atoms with Crippen LogP contribution in [0.1, 0.15) is 28.5 Å². The minimum atomic E-state index is -0.0508. The molecular formula is C19H20N2O. The number of aryl methyl sites for hydroxylation is 1. The third-order valence-electron chi connectivity index (χ3n) is 3.88. The molecule has 2 aromatic carbocycles. The Bertz CT molecular complexity index is 774. The molecule has 3 heteroatoms. The van der Waals surface area contributed by atoms with E-state index in [0.29, 0.717) is 12.2 Å². The Morgan fingerprint density at radius 2 is 1.86 bits per heavy atom. The van der Waals surface area contributed by atoms with Gasteiger partial charge in [-0.2, -0.15) is 0 Å². The standard InChI is InChI=1S/C19H20N2O/c1-2-14-8-9-17-16(12-14)13-18(21-17)19(22)20-11-10-15-6-4-3-5-7-15/h3-9,12-13,21H,2,10-11H2,1H3,(H,20,22). The summed E-state index contributed by atoms with van der Waals surface area (Å²) >= 11 is 0. The number of fused-ring (bicyclic) bond motifs is 1. The number of carbonyl (C=O) groups excluding carboxylic acids is 1. The second-order valence-electron chi connectivity index (χ2n) is 5.45. The van der Waals surface area contributed by atoms with Crippen LogP contribution >= 0.6 is 0 Å². The van der Waals surface area contributed by atoms with Crippen LogP contribution in [-0.2, 0) is 12.8 Å². The van der Waals surface area contributed by atoms with Crippen molar-refractivity contribution in [2.24, 2.45) is 0 Å². The zero-order valence-corrected chi connectivity index (χ0v) is 12.7. The number of benzene rings is 2. The maximum atomic E-state index is 12.2. The Morgan fingerprint density at radius 3 is 2.64 bits per heavy atom. The van der Waals surface area contributed by atoms with E-state index >= 15 is 0 Å². The molecule has 0 saturated carbocycles. The second kappa shape index (κ2) is 6.48. The summed E-state index contributed by atoms with van der Waals surface area (Å²) < 4.78 is 0. The van der Waals surface area contributed by atoms with E-state index in [2.05, 4.69) is 41.5 Å². The zero-order valence-electron chi connectivity index (χ0n) is 12.7. The summed E-state index contributed by atoms with van der Waals surface area (Å²) in [4.78, 5) is 15.4. The van der Waals surface area contributed by atoms with Crippen LogP contribution in [0.15, 0.2) is 54.6 Å². The highest BCUT2D eigenvalue weighted by molar-refractivity contribution is 5.98. The van der Waals surface area contributed by atoms with Crippen LogP contribution < -0.4 is 5.32 Å². The topological polar surface area (TPSA) is 44.9 Å². The number of H-pyrrole nitrogens is 1. The lowest BCUT2D eigenvalue weighted by Gasteiger charge is -2.03. The third-order valence-corrected chi connectivity index (χ3v) is 3.88. The SMILES string of the molecule is CCc1ccc2[nH]c(C(=O)NCCc3ccccc3)cc2c1. The molecule has 0 saturated heterocycles. The first-order valence-corrected chi connectivity index (χ1v) is 7.70. The molecule has 112 valence electrons. The van der Waals surface area contributed by atoms with Crippen molar-refractivity contribution in [3.63, 3.8) is 0 Å². The Kier molecular flexibility index (Phi) is 4.24. The maximum absolute atomic E-state index is 12.2. The highest BCUT2D eigenvalue weighted by Gasteiger charge is 2.09. The third kappa shape index (κ3) is 3.19. The van der Waals surface area contributed by atoms with Gasteiger partial charge in [0.25, 0.3) is 5.91 Å². The van der Waals surface area contributed by atoms with E-state index in [4.69, 9.17) is 0 Å². The summed E-state index contributed by atoms with van der Waals surface area (Å²) in [5, 5.41) is 4.06. The van der Waals surface area contributed by atoms with Gasteiger partial charge in [-0.15, -0.1) is 0 Å². The largest absolute Gasteiger partial charge is 0.351 e. The summed E-state index contributed by atoms with van der Waals surface area (Å²) in [5.41, 5.74) is 4.14. The molecule has 0 fully saturated rings. The van der Waals surface area contributed by atoms with Crippen molar-refractivity contribution in [1.29, 1.82) is 0 Å². The van der Waals surface area contributed by atoms with E-state index in [-0.39, 0.29) is 5.91 Å². The second-order valence-corrected chi connectivity index (χ2v) is 5.45. The van der Waals surface area contributed by atoms with Gasteiger partial charge in [-0.1, -0.05) is 43.3 Å². The van der Waals surface area contributed by atoms with Gasteiger partial charge in [0.1, 0.15) is 5.69 Å². The lowest BCUT2D eigenvalue weighted by atomic mass is 10.1. The van der Waals surface area contributed by atoms with Crippen molar-refractivity contribution in [2.75, 3.05) is 6.54 Å². The van der Waals surface area contributed by atoms with Gasteiger partial charge in [-0.3, -0.25) is 4.79 Å². The first-order chi connectivity index (χ1) is 10.8. The highest BCUT2D eigenvalue weighted by Crippen LogP contribution is 2.17. The molecule has 0 aliphatic carbocycles. The van der Waals surface area contributed by atoms with E-state index < -0.39 is 0 Å². The minimum absolute atomic E-state index is 0.0508. The summed E-state index contributed by atoms with van der Waals surface area (Å²) in [6.07, 6.45) is 1.84. The molecule has 0 unspecified atom stereocenters. The average molecular weight is 292 g/mol. The van der Waals surface area contributed by atoms with Gasteiger partial charge < -0.3 is 10.3 Å². The Morgan fingerprint density at radius 1 is 1.05 bits per heavy atom. The van der Waals surface area contributed by atoms with Crippen LogP contribution in [-0.4, -0.2) is 17.4 Å². The van der Waals surface area contributed by atoms with Crippen LogP contribution in [0.25, 0.3) is 10.9 Å². The fourth-order valence-corrected chi connectivity index (χ4v) is 2.58. The van der Waals surface area contributed by atoms with E-state index in [9.17, 15) is 4.79 Å². The molecule has 3 rings (SSSR count). The van der Waals surface area contributed by atoms with Crippen LogP contribution in [0.2, 0.25) is 0 Å². The molecule has 1 heterocycles. The van der Waals surface area contributed by atoms with Gasteiger partial charge in [-0.25, -0.2) is 0 Å².